The second-order valence-corrected chi connectivity index (χ2v) is 6.45. The molecule has 0 unspecified atom stereocenters. The van der Waals surface area contributed by atoms with Crippen LogP contribution in [0.15, 0.2) is 60.7 Å². The number of aryl methyl sites for hydroxylation is 2. The number of nitrogens with zero attached hydrogens (tertiary/aromatic N) is 2. The fourth-order valence-electron chi connectivity index (χ4n) is 3.80. The number of nitro groups is 1. The first kappa shape index (κ1) is 14.1. The number of nitro benzene ring substituents is 1. The number of non-ortho nitro benzene ring substituents is 1. The highest BCUT2D eigenvalue weighted by Crippen LogP contribution is 2.39. The number of hydrogen-bond acceptors (Lipinski definition) is 3. The summed E-state index contributed by atoms with van der Waals surface area (Å²) in [7, 11) is 0. The van der Waals surface area contributed by atoms with Gasteiger partial charge in [-0.15, -0.1) is 0 Å². The van der Waals surface area contributed by atoms with Crippen molar-refractivity contribution in [1.29, 1.82) is 0 Å². The predicted octanol–water partition coefficient (Wildman–Crippen LogP) is 5.06. The molecule has 0 spiro atoms. The van der Waals surface area contributed by atoms with Crippen molar-refractivity contribution in [3.05, 3.63) is 81.9 Å². The molecule has 1 aromatic heterocycles. The van der Waals surface area contributed by atoms with Gasteiger partial charge in [0.1, 0.15) is 0 Å². The summed E-state index contributed by atoms with van der Waals surface area (Å²) in [6.07, 6.45) is 1.88. The molecule has 0 bridgehead atoms. The first-order chi connectivity index (χ1) is 12.2. The predicted molar refractivity (Wildman–Crippen MR) is 98.7 cm³/mol. The van der Waals surface area contributed by atoms with Crippen LogP contribution in [0.25, 0.3) is 32.9 Å². The Morgan fingerprint density at radius 2 is 1.72 bits per heavy atom. The van der Waals surface area contributed by atoms with E-state index >= 15 is 0 Å². The summed E-state index contributed by atoms with van der Waals surface area (Å²) < 4.78 is 0. The van der Waals surface area contributed by atoms with Gasteiger partial charge < -0.3 is 0 Å². The van der Waals surface area contributed by atoms with Crippen molar-refractivity contribution in [2.45, 2.75) is 12.8 Å². The molecule has 0 saturated heterocycles. The van der Waals surface area contributed by atoms with Crippen LogP contribution in [0.3, 0.4) is 0 Å². The fraction of sp³-hybridized carbons (Fsp3) is 0.0952. The van der Waals surface area contributed by atoms with Gasteiger partial charge in [0.2, 0.25) is 0 Å². The fourth-order valence-corrected chi connectivity index (χ4v) is 3.80. The van der Waals surface area contributed by atoms with E-state index in [1.165, 1.54) is 28.0 Å². The Hall–Kier alpha value is -3.27. The van der Waals surface area contributed by atoms with Crippen molar-refractivity contribution in [3.63, 3.8) is 0 Å². The van der Waals surface area contributed by atoms with E-state index < -0.39 is 0 Å². The molecule has 0 aliphatic heterocycles. The maximum atomic E-state index is 11.0. The van der Waals surface area contributed by atoms with Gasteiger partial charge in [0, 0.05) is 23.1 Å². The summed E-state index contributed by atoms with van der Waals surface area (Å²) in [5.41, 5.74) is 5.61. The number of fused-ring (bicyclic) bond motifs is 6. The number of rotatable bonds is 1. The Morgan fingerprint density at radius 1 is 0.880 bits per heavy atom. The van der Waals surface area contributed by atoms with Crippen LogP contribution in [0.5, 0.6) is 0 Å². The normalized spacial score (nSPS) is 12.8. The van der Waals surface area contributed by atoms with Gasteiger partial charge in [-0.2, -0.15) is 0 Å². The zero-order valence-corrected chi connectivity index (χ0v) is 13.4. The topological polar surface area (TPSA) is 56.0 Å². The Bertz CT molecular complexity index is 1180. The standard InChI is InChI=1S/C21H14N2O2/c24-23(25)17-9-10-19-16(12-17)11-15-8-7-14-6-5-13-3-1-2-4-18(13)20(14)21(15)22-19/h1-6,9-12H,7-8H2. The maximum Gasteiger partial charge on any atom is 0.270 e. The Kier molecular flexibility index (Phi) is 2.88. The van der Waals surface area contributed by atoms with E-state index in [-0.39, 0.29) is 10.6 Å². The smallest absolute Gasteiger partial charge is 0.258 e. The van der Waals surface area contributed by atoms with Gasteiger partial charge in [-0.1, -0.05) is 36.4 Å². The molecule has 120 valence electrons. The van der Waals surface area contributed by atoms with Crippen LogP contribution >= 0.6 is 0 Å². The van der Waals surface area contributed by atoms with Gasteiger partial charge in [0.05, 0.1) is 16.1 Å². The first-order valence-corrected chi connectivity index (χ1v) is 8.30. The van der Waals surface area contributed by atoms with Gasteiger partial charge in [-0.25, -0.2) is 4.98 Å². The molecule has 0 N–H and O–H groups in total. The highest BCUT2D eigenvalue weighted by molar-refractivity contribution is 6.00. The average molecular weight is 326 g/mol. The van der Waals surface area contributed by atoms with Crippen molar-refractivity contribution in [3.8, 4) is 11.3 Å². The Labute approximate surface area is 143 Å². The lowest BCUT2D eigenvalue weighted by Crippen LogP contribution is -2.06. The SMILES string of the molecule is O=[N+]([O-])c1ccc2nc3c(cc2c1)CCc1ccc2ccccc2c1-3. The van der Waals surface area contributed by atoms with Gasteiger partial charge >= 0.3 is 0 Å². The Morgan fingerprint density at radius 3 is 2.60 bits per heavy atom. The van der Waals surface area contributed by atoms with Crippen LogP contribution < -0.4 is 0 Å². The summed E-state index contributed by atoms with van der Waals surface area (Å²) in [5.74, 6) is 0. The molecule has 1 aliphatic rings. The quantitative estimate of drug-likeness (QED) is 0.363. The van der Waals surface area contributed by atoms with Crippen molar-refractivity contribution in [2.75, 3.05) is 0 Å². The van der Waals surface area contributed by atoms with Crippen LogP contribution in [0.4, 0.5) is 5.69 Å². The number of pyridine rings is 1. The zero-order chi connectivity index (χ0) is 17.0. The summed E-state index contributed by atoms with van der Waals surface area (Å²) in [4.78, 5) is 15.6. The number of benzene rings is 3. The minimum atomic E-state index is -0.359. The lowest BCUT2D eigenvalue weighted by molar-refractivity contribution is -0.384. The molecule has 4 nitrogen and oxygen atoms in total. The molecule has 3 aromatic carbocycles. The molecule has 4 heteroatoms. The van der Waals surface area contributed by atoms with Crippen molar-refractivity contribution in [1.82, 2.24) is 4.98 Å². The third kappa shape index (κ3) is 2.11. The second-order valence-electron chi connectivity index (χ2n) is 6.45. The first-order valence-electron chi connectivity index (χ1n) is 8.30. The van der Waals surface area contributed by atoms with Crippen LogP contribution in [0.2, 0.25) is 0 Å². The summed E-state index contributed by atoms with van der Waals surface area (Å²) in [6.45, 7) is 0. The maximum absolute atomic E-state index is 11.0. The van der Waals surface area contributed by atoms with E-state index in [9.17, 15) is 10.1 Å². The molecule has 4 aromatic rings. The van der Waals surface area contributed by atoms with Gasteiger partial charge in [0.25, 0.3) is 5.69 Å². The van der Waals surface area contributed by atoms with E-state index in [2.05, 4.69) is 36.4 Å². The van der Waals surface area contributed by atoms with Gasteiger partial charge in [0.15, 0.2) is 0 Å². The third-order valence-corrected chi connectivity index (χ3v) is 5.00. The van der Waals surface area contributed by atoms with E-state index in [0.29, 0.717) is 0 Å². The number of hydrogen-bond donors (Lipinski definition) is 0. The van der Waals surface area contributed by atoms with Crippen LogP contribution in [0.1, 0.15) is 11.1 Å². The van der Waals surface area contributed by atoms with Crippen molar-refractivity contribution >= 4 is 27.4 Å². The van der Waals surface area contributed by atoms with E-state index in [0.717, 1.165) is 35.0 Å². The van der Waals surface area contributed by atoms with Crippen molar-refractivity contribution < 1.29 is 4.92 Å². The highest BCUT2D eigenvalue weighted by Gasteiger charge is 2.21. The zero-order valence-electron chi connectivity index (χ0n) is 13.4. The number of aromatic nitrogens is 1. The lowest BCUT2D eigenvalue weighted by atomic mass is 9.85. The summed E-state index contributed by atoms with van der Waals surface area (Å²) in [6, 6.07) is 19.7. The summed E-state index contributed by atoms with van der Waals surface area (Å²) >= 11 is 0. The summed E-state index contributed by atoms with van der Waals surface area (Å²) in [5, 5.41) is 14.3. The minimum Gasteiger partial charge on any atom is -0.258 e. The largest absolute Gasteiger partial charge is 0.270 e. The molecule has 0 atom stereocenters. The second kappa shape index (κ2) is 5.11. The van der Waals surface area contributed by atoms with Crippen LogP contribution in [-0.4, -0.2) is 9.91 Å². The molecular formula is C21H14N2O2. The van der Waals surface area contributed by atoms with E-state index in [4.69, 9.17) is 4.98 Å². The third-order valence-electron chi connectivity index (χ3n) is 5.00. The van der Waals surface area contributed by atoms with Gasteiger partial charge in [-0.05, 0) is 46.9 Å². The van der Waals surface area contributed by atoms with E-state index in [1.807, 2.05) is 6.07 Å². The molecule has 0 amide bonds. The molecule has 5 rings (SSSR count). The lowest BCUT2D eigenvalue weighted by Gasteiger charge is -2.21. The Balaban J connectivity index is 1.82. The molecule has 1 heterocycles. The minimum absolute atomic E-state index is 0.107. The molecule has 0 radical (unpaired) electrons. The monoisotopic (exact) mass is 326 g/mol. The van der Waals surface area contributed by atoms with Crippen LogP contribution in [-0.2, 0) is 12.8 Å². The van der Waals surface area contributed by atoms with E-state index in [1.54, 1.807) is 12.1 Å². The van der Waals surface area contributed by atoms with Gasteiger partial charge in [-0.3, -0.25) is 10.1 Å². The van der Waals surface area contributed by atoms with Crippen molar-refractivity contribution in [2.24, 2.45) is 0 Å². The highest BCUT2D eigenvalue weighted by atomic mass is 16.6. The molecule has 25 heavy (non-hydrogen) atoms. The average Bonchev–Trinajstić information content (AvgIpc) is 2.65. The molecule has 0 saturated carbocycles. The molecular weight excluding hydrogens is 312 g/mol. The van der Waals surface area contributed by atoms with Crippen LogP contribution in [0, 0.1) is 10.1 Å². The molecule has 0 fully saturated rings. The molecule has 1 aliphatic carbocycles.